The Hall–Kier alpha value is -1.91. The highest BCUT2D eigenvalue weighted by Gasteiger charge is 2.32. The van der Waals surface area contributed by atoms with Crippen LogP contribution >= 0.6 is 0 Å². The van der Waals surface area contributed by atoms with Crippen molar-refractivity contribution in [1.29, 1.82) is 0 Å². The largest absolute Gasteiger partial charge is 0.382 e. The molecule has 17 heavy (non-hydrogen) atoms. The molecule has 1 fully saturated rings. The molecule has 2 aromatic heterocycles. The van der Waals surface area contributed by atoms with Gasteiger partial charge >= 0.3 is 0 Å². The maximum atomic E-state index is 4.15. The molecule has 0 saturated heterocycles. The summed E-state index contributed by atoms with van der Waals surface area (Å²) in [5.41, 5.74) is 2.00. The second-order valence-corrected chi connectivity index (χ2v) is 4.59. The molecule has 2 heterocycles. The molecule has 1 aliphatic carbocycles. The summed E-state index contributed by atoms with van der Waals surface area (Å²) < 4.78 is 1.75. The Morgan fingerprint density at radius 3 is 3.06 bits per heavy atom. The van der Waals surface area contributed by atoms with Crippen LogP contribution < -0.4 is 5.32 Å². The van der Waals surface area contributed by atoms with Crippen LogP contribution in [0.1, 0.15) is 13.3 Å². The molecular weight excluding hydrogens is 214 g/mol. The first kappa shape index (κ1) is 10.3. The molecule has 0 spiro atoms. The van der Waals surface area contributed by atoms with Crippen LogP contribution in [0.25, 0.3) is 5.69 Å². The van der Waals surface area contributed by atoms with Crippen molar-refractivity contribution in [2.75, 3.05) is 11.9 Å². The maximum absolute atomic E-state index is 4.15. The zero-order valence-electron chi connectivity index (χ0n) is 9.74. The van der Waals surface area contributed by atoms with Gasteiger partial charge in [0.2, 0.25) is 0 Å². The lowest BCUT2D eigenvalue weighted by atomic mass is 10.3. The van der Waals surface area contributed by atoms with Crippen LogP contribution in [0.3, 0.4) is 0 Å². The molecule has 0 amide bonds. The van der Waals surface area contributed by atoms with Gasteiger partial charge in [0.15, 0.2) is 0 Å². The fraction of sp³-hybridized carbons (Fsp3) is 0.417. The first-order valence-corrected chi connectivity index (χ1v) is 5.89. The molecule has 1 N–H and O–H groups in total. The monoisotopic (exact) mass is 229 g/mol. The molecule has 0 radical (unpaired) electrons. The van der Waals surface area contributed by atoms with Crippen LogP contribution in [0.4, 0.5) is 5.69 Å². The highest BCUT2D eigenvalue weighted by atomic mass is 15.4. The van der Waals surface area contributed by atoms with E-state index in [9.17, 15) is 0 Å². The molecule has 5 nitrogen and oxygen atoms in total. The van der Waals surface area contributed by atoms with Gasteiger partial charge in [-0.05, 0) is 24.3 Å². The molecule has 2 unspecified atom stereocenters. The topological polar surface area (TPSA) is 55.6 Å². The van der Waals surface area contributed by atoms with Crippen molar-refractivity contribution in [3.63, 3.8) is 0 Å². The van der Waals surface area contributed by atoms with Gasteiger partial charge in [0.05, 0.1) is 30.0 Å². The molecule has 0 aliphatic heterocycles. The average molecular weight is 229 g/mol. The normalized spacial score (nSPS) is 22.4. The number of hydrogen-bond acceptors (Lipinski definition) is 4. The summed E-state index contributed by atoms with van der Waals surface area (Å²) in [5, 5.41) is 11.3. The average Bonchev–Trinajstić information content (AvgIpc) is 2.83. The Morgan fingerprint density at radius 1 is 1.47 bits per heavy atom. The van der Waals surface area contributed by atoms with Crippen molar-refractivity contribution in [2.45, 2.75) is 13.3 Å². The smallest absolute Gasteiger partial charge is 0.0925 e. The number of anilines is 1. The van der Waals surface area contributed by atoms with Crippen molar-refractivity contribution in [3.8, 4) is 5.69 Å². The van der Waals surface area contributed by atoms with Crippen molar-refractivity contribution >= 4 is 5.69 Å². The molecule has 0 aromatic carbocycles. The number of aromatic nitrogens is 4. The molecular formula is C12H15N5. The van der Waals surface area contributed by atoms with E-state index in [-0.39, 0.29) is 0 Å². The van der Waals surface area contributed by atoms with Crippen LogP contribution in [0.2, 0.25) is 0 Å². The van der Waals surface area contributed by atoms with Crippen LogP contribution in [-0.4, -0.2) is 26.5 Å². The van der Waals surface area contributed by atoms with Gasteiger partial charge in [0.25, 0.3) is 0 Å². The number of nitrogens with zero attached hydrogens (tertiary/aromatic N) is 4. The standard InChI is InChI=1S/C12H15N5/c1-9-6-10(9)7-14-11-8-13-3-2-12(11)17-5-4-15-16-17/h2-5,8-10,14H,6-7H2,1H3. The summed E-state index contributed by atoms with van der Waals surface area (Å²) in [6, 6.07) is 1.94. The van der Waals surface area contributed by atoms with Gasteiger partial charge in [-0.1, -0.05) is 12.1 Å². The number of hydrogen-bond donors (Lipinski definition) is 1. The summed E-state index contributed by atoms with van der Waals surface area (Å²) in [4.78, 5) is 4.15. The molecule has 1 saturated carbocycles. The third-order valence-electron chi connectivity index (χ3n) is 3.30. The van der Waals surface area contributed by atoms with Crippen LogP contribution in [0, 0.1) is 11.8 Å². The van der Waals surface area contributed by atoms with Crippen molar-refractivity contribution in [3.05, 3.63) is 30.9 Å². The summed E-state index contributed by atoms with van der Waals surface area (Å²) in [6.07, 6.45) is 8.44. The van der Waals surface area contributed by atoms with E-state index in [1.165, 1.54) is 6.42 Å². The Labute approximate surface area is 99.9 Å². The van der Waals surface area contributed by atoms with E-state index in [0.29, 0.717) is 0 Å². The van der Waals surface area contributed by atoms with E-state index in [2.05, 4.69) is 27.5 Å². The van der Waals surface area contributed by atoms with Gasteiger partial charge in [0.1, 0.15) is 0 Å². The molecule has 2 aromatic rings. The van der Waals surface area contributed by atoms with Crippen molar-refractivity contribution in [2.24, 2.45) is 11.8 Å². The Balaban J connectivity index is 1.79. The minimum atomic E-state index is 0.804. The lowest BCUT2D eigenvalue weighted by Gasteiger charge is -2.10. The second kappa shape index (κ2) is 4.16. The molecule has 2 atom stereocenters. The van der Waals surface area contributed by atoms with E-state index in [1.807, 2.05) is 18.5 Å². The van der Waals surface area contributed by atoms with Gasteiger partial charge in [0, 0.05) is 12.7 Å². The zero-order valence-corrected chi connectivity index (χ0v) is 9.74. The Morgan fingerprint density at radius 2 is 2.35 bits per heavy atom. The summed E-state index contributed by atoms with van der Waals surface area (Å²) in [7, 11) is 0. The third kappa shape index (κ3) is 2.13. The van der Waals surface area contributed by atoms with Crippen molar-refractivity contribution < 1.29 is 0 Å². The van der Waals surface area contributed by atoms with Gasteiger partial charge < -0.3 is 5.32 Å². The van der Waals surface area contributed by atoms with Crippen LogP contribution in [0.15, 0.2) is 30.9 Å². The molecule has 88 valence electrons. The van der Waals surface area contributed by atoms with Gasteiger partial charge in [-0.2, -0.15) is 0 Å². The van der Waals surface area contributed by atoms with Gasteiger partial charge in [-0.25, -0.2) is 4.68 Å². The summed E-state index contributed by atoms with van der Waals surface area (Å²) in [5.74, 6) is 1.66. The van der Waals surface area contributed by atoms with Gasteiger partial charge in [-0.15, -0.1) is 5.10 Å². The third-order valence-corrected chi connectivity index (χ3v) is 3.30. The molecule has 3 rings (SSSR count). The Kier molecular flexibility index (Phi) is 2.51. The molecule has 1 aliphatic rings. The van der Waals surface area contributed by atoms with Crippen molar-refractivity contribution in [1.82, 2.24) is 20.0 Å². The minimum Gasteiger partial charge on any atom is -0.382 e. The maximum Gasteiger partial charge on any atom is 0.0925 e. The molecule has 0 bridgehead atoms. The highest BCUT2D eigenvalue weighted by Crippen LogP contribution is 2.37. The lowest BCUT2D eigenvalue weighted by molar-refractivity contribution is 0.777. The fourth-order valence-corrected chi connectivity index (χ4v) is 1.98. The first-order chi connectivity index (χ1) is 8.34. The number of pyridine rings is 1. The predicted molar refractivity (Wildman–Crippen MR) is 64.9 cm³/mol. The number of rotatable bonds is 4. The minimum absolute atomic E-state index is 0.804. The molecule has 5 heteroatoms. The highest BCUT2D eigenvalue weighted by molar-refractivity contribution is 5.58. The lowest BCUT2D eigenvalue weighted by Crippen LogP contribution is -2.08. The van der Waals surface area contributed by atoms with Crippen LogP contribution in [0.5, 0.6) is 0 Å². The Bertz CT molecular complexity index is 493. The van der Waals surface area contributed by atoms with Crippen LogP contribution in [-0.2, 0) is 0 Å². The fourth-order valence-electron chi connectivity index (χ4n) is 1.98. The SMILES string of the molecule is CC1CC1CNc1cnccc1-n1ccnn1. The number of nitrogens with one attached hydrogen (secondary N) is 1. The first-order valence-electron chi connectivity index (χ1n) is 5.89. The zero-order chi connectivity index (χ0) is 11.7. The van der Waals surface area contributed by atoms with E-state index in [1.54, 1.807) is 17.1 Å². The summed E-state index contributed by atoms with van der Waals surface area (Å²) in [6.45, 7) is 3.29. The van der Waals surface area contributed by atoms with E-state index in [0.717, 1.165) is 29.8 Å². The van der Waals surface area contributed by atoms with Gasteiger partial charge in [-0.3, -0.25) is 4.98 Å². The van der Waals surface area contributed by atoms with E-state index >= 15 is 0 Å². The summed E-state index contributed by atoms with van der Waals surface area (Å²) >= 11 is 0. The predicted octanol–water partition coefficient (Wildman–Crippen LogP) is 1.73. The quantitative estimate of drug-likeness (QED) is 0.867. The van der Waals surface area contributed by atoms with E-state index in [4.69, 9.17) is 0 Å². The second-order valence-electron chi connectivity index (χ2n) is 4.59. The van der Waals surface area contributed by atoms with E-state index < -0.39 is 0 Å².